The van der Waals surface area contributed by atoms with E-state index >= 15 is 0 Å². The molecule has 23 heavy (non-hydrogen) atoms. The van der Waals surface area contributed by atoms with Crippen LogP contribution in [-0.4, -0.2) is 21.3 Å². The van der Waals surface area contributed by atoms with E-state index in [0.717, 1.165) is 29.2 Å². The number of benzene rings is 2. The van der Waals surface area contributed by atoms with Crippen molar-refractivity contribution in [2.45, 2.75) is 13.3 Å². The molecule has 0 saturated heterocycles. The highest BCUT2D eigenvalue weighted by atomic mass is 16.5. The molecule has 0 heterocycles. The van der Waals surface area contributed by atoms with Gasteiger partial charge in [-0.3, -0.25) is 0 Å². The third-order valence-corrected chi connectivity index (χ3v) is 3.74. The number of methoxy groups -OCH3 is 3. The molecule has 0 bridgehead atoms. The minimum atomic E-state index is 0.441. The second-order valence-corrected chi connectivity index (χ2v) is 5.50. The van der Waals surface area contributed by atoms with Crippen molar-refractivity contribution in [3.63, 3.8) is 0 Å². The molecule has 2 aromatic rings. The van der Waals surface area contributed by atoms with Crippen LogP contribution < -0.4 is 14.2 Å². The second-order valence-electron chi connectivity index (χ2n) is 5.50. The molecule has 1 atom stereocenters. The maximum Gasteiger partial charge on any atom is 0.161 e. The molecule has 3 heteroatoms. The van der Waals surface area contributed by atoms with Gasteiger partial charge in [0.2, 0.25) is 0 Å². The van der Waals surface area contributed by atoms with E-state index in [1.165, 1.54) is 5.56 Å². The highest BCUT2D eigenvalue weighted by molar-refractivity contribution is 5.56. The van der Waals surface area contributed by atoms with Crippen molar-refractivity contribution < 1.29 is 14.2 Å². The summed E-state index contributed by atoms with van der Waals surface area (Å²) in [6, 6.07) is 14.2. The highest BCUT2D eigenvalue weighted by Gasteiger charge is 2.04. The standard InChI is InChI=1S/C20H24O3/c1-15(13-16-7-10-18(21-2)11-8-16)5-6-17-9-12-19(22-3)20(14-17)23-4/h5-12,14-15H,13H2,1-4H3. The van der Waals surface area contributed by atoms with Gasteiger partial charge < -0.3 is 14.2 Å². The summed E-state index contributed by atoms with van der Waals surface area (Å²) >= 11 is 0. The van der Waals surface area contributed by atoms with E-state index < -0.39 is 0 Å². The molecule has 0 aliphatic heterocycles. The van der Waals surface area contributed by atoms with Gasteiger partial charge in [-0.2, -0.15) is 0 Å². The van der Waals surface area contributed by atoms with Gasteiger partial charge >= 0.3 is 0 Å². The van der Waals surface area contributed by atoms with Gasteiger partial charge in [-0.15, -0.1) is 0 Å². The lowest BCUT2D eigenvalue weighted by molar-refractivity contribution is 0.355. The fourth-order valence-electron chi connectivity index (χ4n) is 2.43. The normalized spacial score (nSPS) is 12.2. The van der Waals surface area contributed by atoms with Gasteiger partial charge in [-0.05, 0) is 47.7 Å². The molecule has 2 aromatic carbocycles. The van der Waals surface area contributed by atoms with Gasteiger partial charge in [-0.1, -0.05) is 37.3 Å². The van der Waals surface area contributed by atoms with Crippen molar-refractivity contribution >= 4 is 6.08 Å². The van der Waals surface area contributed by atoms with Gasteiger partial charge in [0.05, 0.1) is 21.3 Å². The van der Waals surface area contributed by atoms with E-state index in [9.17, 15) is 0 Å². The van der Waals surface area contributed by atoms with E-state index in [2.05, 4.69) is 31.2 Å². The monoisotopic (exact) mass is 312 g/mol. The van der Waals surface area contributed by atoms with Gasteiger partial charge in [-0.25, -0.2) is 0 Å². The summed E-state index contributed by atoms with van der Waals surface area (Å²) in [4.78, 5) is 0. The number of hydrogen-bond donors (Lipinski definition) is 0. The maximum atomic E-state index is 5.33. The van der Waals surface area contributed by atoms with Crippen LogP contribution in [-0.2, 0) is 6.42 Å². The summed E-state index contributed by atoms with van der Waals surface area (Å²) in [7, 11) is 4.98. The zero-order valence-corrected chi connectivity index (χ0v) is 14.2. The Bertz CT molecular complexity index is 644. The molecule has 1 unspecified atom stereocenters. The predicted octanol–water partition coefficient (Wildman–Crippen LogP) is 4.60. The summed E-state index contributed by atoms with van der Waals surface area (Å²) < 4.78 is 15.8. The summed E-state index contributed by atoms with van der Waals surface area (Å²) in [6.45, 7) is 2.21. The lowest BCUT2D eigenvalue weighted by Crippen LogP contribution is -1.96. The number of allylic oxidation sites excluding steroid dienone is 1. The Morgan fingerprint density at radius 2 is 1.57 bits per heavy atom. The molecular weight excluding hydrogens is 288 g/mol. The van der Waals surface area contributed by atoms with Crippen molar-refractivity contribution in [3.8, 4) is 17.2 Å². The largest absolute Gasteiger partial charge is 0.497 e. The first-order valence-corrected chi connectivity index (χ1v) is 7.69. The van der Waals surface area contributed by atoms with E-state index in [1.54, 1.807) is 21.3 Å². The molecule has 0 spiro atoms. The van der Waals surface area contributed by atoms with Crippen LogP contribution in [0.2, 0.25) is 0 Å². The summed E-state index contributed by atoms with van der Waals surface area (Å²) in [5, 5.41) is 0. The lowest BCUT2D eigenvalue weighted by Gasteiger charge is -2.09. The first kappa shape index (κ1) is 16.9. The molecule has 0 radical (unpaired) electrons. The van der Waals surface area contributed by atoms with Crippen LogP contribution in [0.15, 0.2) is 48.5 Å². The molecule has 0 fully saturated rings. The third-order valence-electron chi connectivity index (χ3n) is 3.74. The Morgan fingerprint density at radius 3 is 2.17 bits per heavy atom. The molecule has 0 aromatic heterocycles. The quantitative estimate of drug-likeness (QED) is 0.747. The molecule has 0 saturated carbocycles. The van der Waals surface area contributed by atoms with E-state index in [-0.39, 0.29) is 0 Å². The van der Waals surface area contributed by atoms with Gasteiger partial charge in [0.15, 0.2) is 11.5 Å². The number of ether oxygens (including phenoxy) is 3. The SMILES string of the molecule is COc1ccc(CC(C)C=Cc2ccc(OC)c(OC)c2)cc1. The van der Waals surface area contributed by atoms with Crippen LogP contribution in [0, 0.1) is 5.92 Å². The Kier molecular flexibility index (Phi) is 6.10. The average molecular weight is 312 g/mol. The van der Waals surface area contributed by atoms with Crippen LogP contribution >= 0.6 is 0 Å². The molecule has 0 amide bonds. The topological polar surface area (TPSA) is 27.7 Å². The number of rotatable bonds is 7. The molecule has 0 N–H and O–H groups in total. The Balaban J connectivity index is 2.01. The van der Waals surface area contributed by atoms with Crippen molar-refractivity contribution in [2.75, 3.05) is 21.3 Å². The molecule has 0 aliphatic rings. The zero-order chi connectivity index (χ0) is 16.7. The van der Waals surface area contributed by atoms with Crippen LogP contribution in [0.25, 0.3) is 6.08 Å². The van der Waals surface area contributed by atoms with Gasteiger partial charge in [0.25, 0.3) is 0 Å². The predicted molar refractivity (Wildman–Crippen MR) is 94.4 cm³/mol. The van der Waals surface area contributed by atoms with E-state index in [1.807, 2.05) is 30.3 Å². The third kappa shape index (κ3) is 4.78. The van der Waals surface area contributed by atoms with Crippen molar-refractivity contribution in [2.24, 2.45) is 5.92 Å². The first-order valence-electron chi connectivity index (χ1n) is 7.69. The van der Waals surface area contributed by atoms with Crippen LogP contribution in [0.1, 0.15) is 18.1 Å². The highest BCUT2D eigenvalue weighted by Crippen LogP contribution is 2.28. The lowest BCUT2D eigenvalue weighted by atomic mass is 9.99. The fraction of sp³-hybridized carbons (Fsp3) is 0.300. The van der Waals surface area contributed by atoms with Crippen molar-refractivity contribution in [1.82, 2.24) is 0 Å². The van der Waals surface area contributed by atoms with Crippen LogP contribution in [0.4, 0.5) is 0 Å². The van der Waals surface area contributed by atoms with E-state index in [4.69, 9.17) is 14.2 Å². The molecule has 0 aliphatic carbocycles. The van der Waals surface area contributed by atoms with Crippen molar-refractivity contribution in [3.05, 3.63) is 59.7 Å². The first-order chi connectivity index (χ1) is 11.2. The molecule has 3 nitrogen and oxygen atoms in total. The Labute approximate surface area is 138 Å². The minimum absolute atomic E-state index is 0.441. The van der Waals surface area contributed by atoms with E-state index in [0.29, 0.717) is 5.92 Å². The minimum Gasteiger partial charge on any atom is -0.497 e. The second kappa shape index (κ2) is 8.28. The summed E-state index contributed by atoms with van der Waals surface area (Å²) in [5.74, 6) is 2.83. The number of hydrogen-bond acceptors (Lipinski definition) is 3. The van der Waals surface area contributed by atoms with Crippen LogP contribution in [0.3, 0.4) is 0 Å². The zero-order valence-electron chi connectivity index (χ0n) is 14.2. The average Bonchev–Trinajstić information content (AvgIpc) is 2.60. The Morgan fingerprint density at radius 1 is 0.870 bits per heavy atom. The smallest absolute Gasteiger partial charge is 0.161 e. The molecule has 2 rings (SSSR count). The van der Waals surface area contributed by atoms with Crippen LogP contribution in [0.5, 0.6) is 17.2 Å². The van der Waals surface area contributed by atoms with Crippen molar-refractivity contribution in [1.29, 1.82) is 0 Å². The fourth-order valence-corrected chi connectivity index (χ4v) is 2.43. The molecular formula is C20H24O3. The Hall–Kier alpha value is -2.42. The molecule has 122 valence electrons. The summed E-state index contributed by atoms with van der Waals surface area (Å²) in [6.07, 6.45) is 5.33. The van der Waals surface area contributed by atoms with Gasteiger partial charge in [0.1, 0.15) is 5.75 Å². The maximum absolute atomic E-state index is 5.33. The van der Waals surface area contributed by atoms with Gasteiger partial charge in [0, 0.05) is 0 Å². The summed E-state index contributed by atoms with van der Waals surface area (Å²) in [5.41, 5.74) is 2.40.